The molecule has 0 aliphatic carbocycles. The number of benzene rings is 5. The second-order valence-electron chi connectivity index (χ2n) is 10.5. The van der Waals surface area contributed by atoms with Gasteiger partial charge in [0.1, 0.15) is 5.70 Å². The van der Waals surface area contributed by atoms with Gasteiger partial charge in [-0.15, -0.1) is 11.8 Å². The fourth-order valence-electron chi connectivity index (χ4n) is 4.55. The average Bonchev–Trinajstić information content (AvgIpc) is 3.07. The lowest BCUT2D eigenvalue weighted by molar-refractivity contribution is -0.114. The van der Waals surface area contributed by atoms with Crippen LogP contribution in [0.2, 0.25) is 0 Å². The number of aryl methyl sites for hydroxylation is 2. The number of rotatable bonds is 10. The predicted molar refractivity (Wildman–Crippen MR) is 184 cm³/mol. The average molecular weight is 612 g/mol. The molecule has 0 aromatic heterocycles. The van der Waals surface area contributed by atoms with Gasteiger partial charge < -0.3 is 16.0 Å². The number of hydrogen-bond acceptors (Lipinski definition) is 4. The van der Waals surface area contributed by atoms with Crippen LogP contribution in [0, 0.1) is 13.8 Å². The Hall–Kier alpha value is -5.40. The van der Waals surface area contributed by atoms with Crippen LogP contribution in [0.4, 0.5) is 11.4 Å². The lowest BCUT2D eigenvalue weighted by atomic mass is 10.0. The normalized spacial score (nSPS) is 11.0. The molecule has 0 bridgehead atoms. The summed E-state index contributed by atoms with van der Waals surface area (Å²) in [5.74, 6) is -0.684. The molecule has 3 amide bonds. The van der Waals surface area contributed by atoms with Crippen LogP contribution in [0.15, 0.2) is 138 Å². The van der Waals surface area contributed by atoms with Crippen LogP contribution in [0.25, 0.3) is 17.2 Å². The topological polar surface area (TPSA) is 87.3 Å². The van der Waals surface area contributed by atoms with Crippen LogP contribution in [-0.4, -0.2) is 23.5 Å². The van der Waals surface area contributed by atoms with Crippen molar-refractivity contribution in [3.63, 3.8) is 0 Å². The molecule has 0 saturated heterocycles. The Balaban J connectivity index is 1.26. The van der Waals surface area contributed by atoms with Gasteiger partial charge in [-0.2, -0.15) is 0 Å². The van der Waals surface area contributed by atoms with Gasteiger partial charge >= 0.3 is 0 Å². The zero-order valence-electron chi connectivity index (χ0n) is 25.0. The van der Waals surface area contributed by atoms with Crippen molar-refractivity contribution in [1.29, 1.82) is 0 Å². The number of nitrogens with one attached hydrogen (secondary N) is 3. The Bertz CT molecular complexity index is 1820. The Morgan fingerprint density at radius 3 is 2.02 bits per heavy atom. The highest BCUT2D eigenvalue weighted by Gasteiger charge is 2.15. The summed E-state index contributed by atoms with van der Waals surface area (Å²) in [6, 6.07) is 39.7. The SMILES string of the molecule is Cc1ccc(C)c(NC(=O)CSc2ccc(NC(=O)/C(=C/c3ccc(-c4ccccc4)cc3)NC(=O)c3ccccc3)cc2)c1. The van der Waals surface area contributed by atoms with E-state index in [1.165, 1.54) is 11.8 Å². The first kappa shape index (κ1) is 31.0. The van der Waals surface area contributed by atoms with Crippen LogP contribution in [0.3, 0.4) is 0 Å². The molecule has 0 aliphatic heterocycles. The Kier molecular flexibility index (Phi) is 10.2. The maximum atomic E-state index is 13.4. The van der Waals surface area contributed by atoms with Crippen molar-refractivity contribution in [2.24, 2.45) is 0 Å². The minimum absolute atomic E-state index is 0.0909. The maximum Gasteiger partial charge on any atom is 0.272 e. The second-order valence-corrected chi connectivity index (χ2v) is 11.5. The molecule has 5 rings (SSSR count). The highest BCUT2D eigenvalue weighted by molar-refractivity contribution is 8.00. The Labute approximate surface area is 267 Å². The smallest absolute Gasteiger partial charge is 0.272 e. The highest BCUT2D eigenvalue weighted by Crippen LogP contribution is 2.23. The minimum Gasteiger partial charge on any atom is -0.325 e. The molecule has 0 radical (unpaired) electrons. The molecule has 0 spiro atoms. The van der Waals surface area contributed by atoms with Crippen LogP contribution in [-0.2, 0) is 9.59 Å². The quantitative estimate of drug-likeness (QED) is 0.110. The molecule has 5 aromatic rings. The van der Waals surface area contributed by atoms with E-state index in [4.69, 9.17) is 0 Å². The third-order valence-electron chi connectivity index (χ3n) is 7.01. The molecule has 224 valence electrons. The zero-order chi connectivity index (χ0) is 31.6. The van der Waals surface area contributed by atoms with E-state index in [2.05, 4.69) is 16.0 Å². The number of thioether (sulfide) groups is 1. The van der Waals surface area contributed by atoms with Gasteiger partial charge in [0.05, 0.1) is 5.75 Å². The van der Waals surface area contributed by atoms with Crippen molar-refractivity contribution in [3.8, 4) is 11.1 Å². The molecule has 0 heterocycles. The number of hydrogen-bond donors (Lipinski definition) is 3. The number of carbonyl (C=O) groups is 3. The van der Waals surface area contributed by atoms with E-state index in [0.29, 0.717) is 11.3 Å². The standard InChI is InChI=1S/C38H33N3O3S/c1-26-13-14-27(2)34(23-26)40-36(42)25-45-33-21-19-32(20-22-33)39-38(44)35(41-37(43)31-11-7-4-8-12-31)24-28-15-17-30(18-16-28)29-9-5-3-6-10-29/h3-24H,25H2,1-2H3,(H,39,44)(H,40,42)(H,41,43)/b35-24-. The first-order valence-corrected chi connectivity index (χ1v) is 15.5. The molecule has 45 heavy (non-hydrogen) atoms. The van der Waals surface area contributed by atoms with Crippen molar-refractivity contribution in [2.45, 2.75) is 18.7 Å². The van der Waals surface area contributed by atoms with E-state index < -0.39 is 5.91 Å². The Morgan fingerprint density at radius 2 is 1.33 bits per heavy atom. The van der Waals surface area contributed by atoms with E-state index in [1.807, 2.05) is 105 Å². The van der Waals surface area contributed by atoms with E-state index in [1.54, 1.807) is 42.5 Å². The van der Waals surface area contributed by atoms with E-state index in [9.17, 15) is 14.4 Å². The first-order chi connectivity index (χ1) is 21.8. The molecule has 7 heteroatoms. The monoisotopic (exact) mass is 611 g/mol. The fourth-order valence-corrected chi connectivity index (χ4v) is 5.25. The lowest BCUT2D eigenvalue weighted by Crippen LogP contribution is -2.30. The van der Waals surface area contributed by atoms with Crippen molar-refractivity contribution in [3.05, 3.63) is 155 Å². The molecular formula is C38H33N3O3S. The van der Waals surface area contributed by atoms with E-state index in [-0.39, 0.29) is 23.3 Å². The highest BCUT2D eigenvalue weighted by atomic mass is 32.2. The van der Waals surface area contributed by atoms with Crippen molar-refractivity contribution >= 4 is 46.9 Å². The summed E-state index contributed by atoms with van der Waals surface area (Å²) in [6.07, 6.45) is 1.66. The third-order valence-corrected chi connectivity index (χ3v) is 8.02. The van der Waals surface area contributed by atoms with Gasteiger partial charge in [0.15, 0.2) is 0 Å². The second kappa shape index (κ2) is 14.9. The summed E-state index contributed by atoms with van der Waals surface area (Å²) in [5, 5.41) is 8.64. The van der Waals surface area contributed by atoms with Gasteiger partial charge in [-0.05, 0) is 90.2 Å². The van der Waals surface area contributed by atoms with Gasteiger partial charge in [-0.3, -0.25) is 14.4 Å². The molecule has 5 aromatic carbocycles. The van der Waals surface area contributed by atoms with Crippen molar-refractivity contribution in [1.82, 2.24) is 5.32 Å². The molecular weight excluding hydrogens is 579 g/mol. The molecule has 3 N–H and O–H groups in total. The largest absolute Gasteiger partial charge is 0.325 e. The van der Waals surface area contributed by atoms with E-state index in [0.717, 1.165) is 38.4 Å². The first-order valence-electron chi connectivity index (χ1n) is 14.5. The maximum absolute atomic E-state index is 13.4. The Morgan fingerprint density at radius 1 is 0.689 bits per heavy atom. The molecule has 0 fully saturated rings. The summed E-state index contributed by atoms with van der Waals surface area (Å²) in [4.78, 5) is 39.9. The lowest BCUT2D eigenvalue weighted by Gasteiger charge is -2.12. The number of carbonyl (C=O) groups excluding carboxylic acids is 3. The minimum atomic E-state index is -0.459. The van der Waals surface area contributed by atoms with Crippen molar-refractivity contribution < 1.29 is 14.4 Å². The summed E-state index contributed by atoms with van der Waals surface area (Å²) < 4.78 is 0. The van der Waals surface area contributed by atoms with Gasteiger partial charge in [0, 0.05) is 21.8 Å². The third kappa shape index (κ3) is 8.81. The van der Waals surface area contributed by atoms with Crippen LogP contribution >= 0.6 is 11.8 Å². The van der Waals surface area contributed by atoms with E-state index >= 15 is 0 Å². The van der Waals surface area contributed by atoms with Crippen LogP contribution < -0.4 is 16.0 Å². The summed E-state index contributed by atoms with van der Waals surface area (Å²) in [5.41, 5.74) is 6.92. The summed E-state index contributed by atoms with van der Waals surface area (Å²) >= 11 is 1.41. The molecule has 0 unspecified atom stereocenters. The molecule has 0 saturated carbocycles. The number of amides is 3. The van der Waals surface area contributed by atoms with Gasteiger partial charge in [0.25, 0.3) is 11.8 Å². The summed E-state index contributed by atoms with van der Waals surface area (Å²) in [7, 11) is 0. The predicted octanol–water partition coefficient (Wildman–Crippen LogP) is 8.11. The van der Waals surface area contributed by atoms with Gasteiger partial charge in [-0.25, -0.2) is 0 Å². The molecule has 0 atom stereocenters. The van der Waals surface area contributed by atoms with Gasteiger partial charge in [0.2, 0.25) is 5.91 Å². The van der Waals surface area contributed by atoms with Crippen molar-refractivity contribution in [2.75, 3.05) is 16.4 Å². The number of anilines is 2. The molecule has 6 nitrogen and oxygen atoms in total. The van der Waals surface area contributed by atoms with Gasteiger partial charge in [-0.1, -0.05) is 84.9 Å². The zero-order valence-corrected chi connectivity index (χ0v) is 25.9. The molecule has 0 aliphatic rings. The van der Waals surface area contributed by atoms with Crippen LogP contribution in [0.5, 0.6) is 0 Å². The fraction of sp³-hybridized carbons (Fsp3) is 0.0789. The van der Waals surface area contributed by atoms with Crippen LogP contribution in [0.1, 0.15) is 27.0 Å². The summed E-state index contributed by atoms with van der Waals surface area (Å²) in [6.45, 7) is 3.95.